The molecular formula is C42H32O6S4. The number of hydrogen-bond donors (Lipinski definition) is 0. The van der Waals surface area contributed by atoms with Crippen LogP contribution >= 0.6 is 47.0 Å². The van der Waals surface area contributed by atoms with Crippen LogP contribution in [-0.4, -0.2) is 32.0 Å². The standard InChI is InChI=1S/C42H32O6S4/c1-25(43)49-21-33-13-31(14-34(17-33)22-50-26(2)44)7-5-29-9-11-37-39(19-29)41(47)38-12-10-30(20-40(38)42(37)48)6-8-32-15-35(23-51-27(3)45)18-36(16-32)24-52-28(4)46/h9-20H,21-24H2,1-4H3. The van der Waals surface area contributed by atoms with Crippen LogP contribution < -0.4 is 0 Å². The van der Waals surface area contributed by atoms with Gasteiger partial charge in [-0.2, -0.15) is 0 Å². The van der Waals surface area contributed by atoms with Crippen molar-refractivity contribution in [2.75, 3.05) is 0 Å². The molecule has 0 N–H and O–H groups in total. The van der Waals surface area contributed by atoms with Crippen LogP contribution in [0.2, 0.25) is 0 Å². The number of benzene rings is 4. The first-order valence-electron chi connectivity index (χ1n) is 16.1. The van der Waals surface area contributed by atoms with Crippen molar-refractivity contribution < 1.29 is 28.8 Å². The molecule has 0 heterocycles. The molecule has 0 radical (unpaired) electrons. The molecule has 5 rings (SSSR count). The number of carbonyl (C=O) groups is 6. The second kappa shape index (κ2) is 17.8. The van der Waals surface area contributed by atoms with Crippen molar-refractivity contribution in [2.45, 2.75) is 50.7 Å². The fourth-order valence-corrected chi connectivity index (χ4v) is 7.48. The Balaban J connectivity index is 1.39. The minimum Gasteiger partial charge on any atom is -0.289 e. The smallest absolute Gasteiger partial charge is 0.194 e. The predicted octanol–water partition coefficient (Wildman–Crippen LogP) is 8.38. The third kappa shape index (κ3) is 10.7. The lowest BCUT2D eigenvalue weighted by Crippen LogP contribution is -2.21. The van der Waals surface area contributed by atoms with Gasteiger partial charge in [-0.1, -0.05) is 82.9 Å². The Hall–Kier alpha value is -4.58. The molecule has 0 saturated heterocycles. The fourth-order valence-electron chi connectivity index (χ4n) is 5.34. The van der Waals surface area contributed by atoms with Crippen molar-refractivity contribution in [3.63, 3.8) is 0 Å². The number of hydrogen-bond acceptors (Lipinski definition) is 10. The zero-order valence-corrected chi connectivity index (χ0v) is 32.1. The molecule has 0 unspecified atom stereocenters. The van der Waals surface area contributed by atoms with E-state index in [-0.39, 0.29) is 43.2 Å². The summed E-state index contributed by atoms with van der Waals surface area (Å²) in [5.41, 5.74) is 7.40. The molecule has 260 valence electrons. The van der Waals surface area contributed by atoms with E-state index in [0.29, 0.717) is 56.4 Å². The summed E-state index contributed by atoms with van der Waals surface area (Å²) in [6, 6.07) is 21.5. The number of thioether (sulfide) groups is 4. The van der Waals surface area contributed by atoms with E-state index in [1.165, 1.54) is 74.7 Å². The summed E-state index contributed by atoms with van der Waals surface area (Å²) >= 11 is 4.80. The summed E-state index contributed by atoms with van der Waals surface area (Å²) < 4.78 is 0. The highest BCUT2D eigenvalue weighted by atomic mass is 32.2. The molecule has 4 aromatic rings. The maximum atomic E-state index is 13.7. The third-order valence-electron chi connectivity index (χ3n) is 7.59. The molecule has 0 spiro atoms. The minimum atomic E-state index is -0.275. The van der Waals surface area contributed by atoms with Crippen LogP contribution in [0.5, 0.6) is 0 Å². The van der Waals surface area contributed by atoms with Gasteiger partial charge in [-0.3, -0.25) is 28.8 Å². The first-order chi connectivity index (χ1) is 24.8. The van der Waals surface area contributed by atoms with E-state index in [1.54, 1.807) is 36.4 Å². The Morgan fingerprint density at radius 2 is 0.692 bits per heavy atom. The largest absolute Gasteiger partial charge is 0.289 e. The van der Waals surface area contributed by atoms with Crippen LogP contribution in [0.15, 0.2) is 72.8 Å². The van der Waals surface area contributed by atoms with Gasteiger partial charge in [0, 0.05) is 95.2 Å². The zero-order valence-electron chi connectivity index (χ0n) is 28.8. The Morgan fingerprint density at radius 1 is 0.404 bits per heavy atom. The van der Waals surface area contributed by atoms with Gasteiger partial charge in [-0.05, 0) is 82.9 Å². The second-order valence-corrected chi connectivity index (χ2v) is 16.5. The van der Waals surface area contributed by atoms with Gasteiger partial charge in [-0.25, -0.2) is 0 Å². The summed E-state index contributed by atoms with van der Waals surface area (Å²) in [6.45, 7) is 6.07. The number of ketones is 2. The normalized spacial score (nSPS) is 11.4. The van der Waals surface area contributed by atoms with Gasteiger partial charge >= 0.3 is 0 Å². The van der Waals surface area contributed by atoms with E-state index >= 15 is 0 Å². The van der Waals surface area contributed by atoms with Crippen LogP contribution in [0.25, 0.3) is 0 Å². The summed E-state index contributed by atoms with van der Waals surface area (Å²) in [4.78, 5) is 73.5. The molecule has 52 heavy (non-hydrogen) atoms. The van der Waals surface area contributed by atoms with E-state index in [1.807, 2.05) is 36.4 Å². The van der Waals surface area contributed by atoms with E-state index in [9.17, 15) is 28.8 Å². The van der Waals surface area contributed by atoms with Crippen molar-refractivity contribution in [3.05, 3.63) is 140 Å². The summed E-state index contributed by atoms with van der Waals surface area (Å²) in [5.74, 6) is 13.9. The van der Waals surface area contributed by atoms with Crippen LogP contribution in [0.1, 0.15) is 104 Å². The van der Waals surface area contributed by atoms with Crippen molar-refractivity contribution >= 4 is 79.1 Å². The molecule has 0 aromatic heterocycles. The van der Waals surface area contributed by atoms with Crippen molar-refractivity contribution in [1.29, 1.82) is 0 Å². The average molecular weight is 761 g/mol. The highest BCUT2D eigenvalue weighted by Crippen LogP contribution is 2.29. The lowest BCUT2D eigenvalue weighted by Gasteiger charge is -2.17. The van der Waals surface area contributed by atoms with Gasteiger partial charge in [0.15, 0.2) is 32.0 Å². The lowest BCUT2D eigenvalue weighted by molar-refractivity contribution is -0.109. The van der Waals surface area contributed by atoms with Crippen LogP contribution in [0, 0.1) is 23.7 Å². The molecule has 0 amide bonds. The molecule has 0 saturated carbocycles. The highest BCUT2D eigenvalue weighted by Gasteiger charge is 2.30. The monoisotopic (exact) mass is 760 g/mol. The van der Waals surface area contributed by atoms with E-state index in [0.717, 1.165) is 22.3 Å². The first kappa shape index (κ1) is 38.6. The average Bonchev–Trinajstić information content (AvgIpc) is 3.11. The number of fused-ring (bicyclic) bond motifs is 2. The molecular weight excluding hydrogens is 729 g/mol. The first-order valence-corrected chi connectivity index (χ1v) is 20.0. The topological polar surface area (TPSA) is 102 Å². The summed E-state index contributed by atoms with van der Waals surface area (Å²) in [5, 5.41) is 0.0350. The van der Waals surface area contributed by atoms with Crippen LogP contribution in [0.3, 0.4) is 0 Å². The van der Waals surface area contributed by atoms with E-state index in [2.05, 4.69) is 23.7 Å². The minimum absolute atomic E-state index is 0.00875. The molecule has 0 fully saturated rings. The van der Waals surface area contributed by atoms with Gasteiger partial charge in [0.2, 0.25) is 0 Å². The SMILES string of the molecule is CC(=O)SCc1cc(C#Cc2ccc3c(c2)C(=O)c2ccc(C#Cc4cc(CSC(C)=O)cc(CSC(C)=O)c4)cc2C3=O)cc(CSC(C)=O)c1. The second-order valence-electron chi connectivity index (χ2n) is 11.9. The Bertz CT molecular complexity index is 2050. The molecule has 0 bridgehead atoms. The maximum Gasteiger partial charge on any atom is 0.194 e. The van der Waals surface area contributed by atoms with Gasteiger partial charge < -0.3 is 0 Å². The molecule has 1 aliphatic carbocycles. The number of carbonyl (C=O) groups excluding carboxylic acids is 6. The maximum absolute atomic E-state index is 13.7. The van der Waals surface area contributed by atoms with Crippen molar-refractivity contribution in [3.8, 4) is 23.7 Å². The van der Waals surface area contributed by atoms with Gasteiger partial charge in [-0.15, -0.1) is 0 Å². The Morgan fingerprint density at radius 3 is 0.981 bits per heavy atom. The van der Waals surface area contributed by atoms with Crippen molar-refractivity contribution in [2.24, 2.45) is 0 Å². The van der Waals surface area contributed by atoms with E-state index in [4.69, 9.17) is 0 Å². The van der Waals surface area contributed by atoms with Gasteiger partial charge in [0.25, 0.3) is 0 Å². The highest BCUT2D eigenvalue weighted by molar-refractivity contribution is 8.13. The predicted molar refractivity (Wildman–Crippen MR) is 212 cm³/mol. The molecule has 4 aromatic carbocycles. The molecule has 10 heteroatoms. The summed E-state index contributed by atoms with van der Waals surface area (Å²) in [6.07, 6.45) is 0. The zero-order chi connectivity index (χ0) is 37.4. The van der Waals surface area contributed by atoms with Gasteiger partial charge in [0.1, 0.15) is 0 Å². The number of rotatable bonds is 8. The van der Waals surface area contributed by atoms with Crippen molar-refractivity contribution in [1.82, 2.24) is 0 Å². The Labute approximate surface area is 320 Å². The molecule has 1 aliphatic rings. The quantitative estimate of drug-likeness (QED) is 0.143. The van der Waals surface area contributed by atoms with Crippen LogP contribution in [-0.2, 0) is 42.2 Å². The third-order valence-corrected chi connectivity index (χ3v) is 11.1. The molecule has 6 nitrogen and oxygen atoms in total. The fraction of sp³-hybridized carbons (Fsp3) is 0.190. The lowest BCUT2D eigenvalue weighted by atomic mass is 9.82. The van der Waals surface area contributed by atoms with Gasteiger partial charge in [0.05, 0.1) is 0 Å². The van der Waals surface area contributed by atoms with E-state index < -0.39 is 0 Å². The Kier molecular flexibility index (Phi) is 13.2. The summed E-state index contributed by atoms with van der Waals surface area (Å²) in [7, 11) is 0. The molecule has 0 aliphatic heterocycles. The van der Waals surface area contributed by atoms with Crippen LogP contribution in [0.4, 0.5) is 0 Å². The molecule has 0 atom stereocenters.